The summed E-state index contributed by atoms with van der Waals surface area (Å²) in [5, 5.41) is 2.77. The molecule has 0 bridgehead atoms. The Labute approximate surface area is 169 Å². The van der Waals surface area contributed by atoms with E-state index >= 15 is 0 Å². The highest BCUT2D eigenvalue weighted by atomic mass is 32.2. The van der Waals surface area contributed by atoms with Crippen LogP contribution in [0.25, 0.3) is 0 Å². The zero-order chi connectivity index (χ0) is 19.9. The molecular formula is C17H27N3O5S2. The van der Waals surface area contributed by atoms with Gasteiger partial charge in [-0.1, -0.05) is 0 Å². The Morgan fingerprint density at radius 2 is 1.85 bits per heavy atom. The third kappa shape index (κ3) is 10.5. The van der Waals surface area contributed by atoms with Crippen molar-refractivity contribution >= 4 is 47.8 Å². The van der Waals surface area contributed by atoms with E-state index < -0.39 is 0 Å². The molecule has 1 heterocycles. The monoisotopic (exact) mass is 417 g/mol. The highest BCUT2D eigenvalue weighted by Crippen LogP contribution is 2.02. The molecule has 0 aliphatic carbocycles. The number of ether oxygens (including phenoxy) is 2. The number of nitrogens with zero attached hydrogens (tertiary/aromatic N) is 2. The van der Waals surface area contributed by atoms with Crippen LogP contribution in [0.15, 0.2) is 17.1 Å². The lowest BCUT2D eigenvalue weighted by molar-refractivity contribution is -0.137. The number of carbonyl (C=O) groups is 3. The van der Waals surface area contributed by atoms with Crippen molar-refractivity contribution in [3.05, 3.63) is 12.2 Å². The molecule has 0 atom stereocenters. The van der Waals surface area contributed by atoms with E-state index in [0.29, 0.717) is 45.1 Å². The molecule has 152 valence electrons. The molecule has 1 aliphatic rings. The van der Waals surface area contributed by atoms with Crippen LogP contribution in [0.3, 0.4) is 0 Å². The second kappa shape index (κ2) is 14.7. The zero-order valence-corrected chi connectivity index (χ0v) is 17.2. The van der Waals surface area contributed by atoms with Crippen molar-refractivity contribution in [3.63, 3.8) is 0 Å². The number of hydrogen-bond donors (Lipinski definition) is 2. The van der Waals surface area contributed by atoms with E-state index in [0.717, 1.165) is 16.4 Å². The molecule has 1 aliphatic heterocycles. The van der Waals surface area contributed by atoms with E-state index in [2.05, 4.69) is 22.9 Å². The van der Waals surface area contributed by atoms with Gasteiger partial charge in [-0.2, -0.15) is 24.4 Å². The second-order valence-electron chi connectivity index (χ2n) is 5.53. The van der Waals surface area contributed by atoms with Gasteiger partial charge in [-0.05, 0) is 6.26 Å². The van der Waals surface area contributed by atoms with E-state index in [-0.39, 0.29) is 30.9 Å². The molecule has 0 unspecified atom stereocenters. The van der Waals surface area contributed by atoms with Crippen LogP contribution in [-0.2, 0) is 23.9 Å². The molecule has 0 radical (unpaired) electrons. The molecule has 0 spiro atoms. The largest absolute Gasteiger partial charge is 0.377 e. The molecule has 0 saturated heterocycles. The van der Waals surface area contributed by atoms with Crippen molar-refractivity contribution in [2.24, 2.45) is 4.99 Å². The molecule has 1 N–H and O–H groups in total. The van der Waals surface area contributed by atoms with Gasteiger partial charge in [0.25, 0.3) is 11.8 Å². The number of amides is 3. The maximum atomic E-state index is 11.7. The lowest BCUT2D eigenvalue weighted by atomic mass is 10.4. The minimum absolute atomic E-state index is 0.0603. The maximum Gasteiger partial charge on any atom is 0.253 e. The third-order valence-corrected chi connectivity index (χ3v) is 4.46. The van der Waals surface area contributed by atoms with Crippen molar-refractivity contribution in [1.82, 2.24) is 10.2 Å². The molecule has 3 amide bonds. The van der Waals surface area contributed by atoms with Crippen molar-refractivity contribution < 1.29 is 23.9 Å². The first-order valence-corrected chi connectivity index (χ1v) is 10.7. The van der Waals surface area contributed by atoms with Crippen molar-refractivity contribution in [2.75, 3.05) is 63.8 Å². The van der Waals surface area contributed by atoms with Gasteiger partial charge < -0.3 is 14.8 Å². The van der Waals surface area contributed by atoms with Crippen LogP contribution in [0.5, 0.6) is 0 Å². The Kier molecular flexibility index (Phi) is 12.9. The number of thioether (sulfide) groups is 1. The first kappa shape index (κ1) is 23.7. The number of thiol groups is 1. The van der Waals surface area contributed by atoms with Crippen LogP contribution >= 0.6 is 24.4 Å². The number of hydrogen-bond acceptors (Lipinski definition) is 8. The minimum atomic E-state index is -0.313. The van der Waals surface area contributed by atoms with E-state index in [1.807, 2.05) is 6.26 Å². The third-order valence-electron chi connectivity index (χ3n) is 3.47. The second-order valence-corrected chi connectivity index (χ2v) is 6.71. The van der Waals surface area contributed by atoms with Gasteiger partial charge in [-0.25, -0.2) is 0 Å². The fourth-order valence-electron chi connectivity index (χ4n) is 2.10. The first-order chi connectivity index (χ1) is 13.1. The van der Waals surface area contributed by atoms with E-state index in [1.165, 1.54) is 12.2 Å². The Hall–Kier alpha value is -1.36. The van der Waals surface area contributed by atoms with E-state index in [1.54, 1.807) is 11.8 Å². The molecule has 0 aromatic heterocycles. The van der Waals surface area contributed by atoms with Gasteiger partial charge in [0.15, 0.2) is 0 Å². The topological polar surface area (TPSA) is 97.3 Å². The first-order valence-electron chi connectivity index (χ1n) is 8.66. The predicted octanol–water partition coefficient (Wildman–Crippen LogP) is 0.185. The van der Waals surface area contributed by atoms with Gasteiger partial charge in [-0.15, -0.1) is 0 Å². The van der Waals surface area contributed by atoms with Crippen molar-refractivity contribution in [2.45, 2.75) is 6.42 Å². The lowest BCUT2D eigenvalue weighted by Crippen LogP contribution is -2.33. The Bertz CT molecular complexity index is 537. The average molecular weight is 418 g/mol. The summed E-state index contributed by atoms with van der Waals surface area (Å²) in [6, 6.07) is 0. The molecule has 1 rings (SSSR count). The van der Waals surface area contributed by atoms with E-state index in [9.17, 15) is 14.4 Å². The molecule has 0 aromatic rings. The summed E-state index contributed by atoms with van der Waals surface area (Å²) in [5.74, 6) is 0.761. The summed E-state index contributed by atoms with van der Waals surface area (Å²) in [7, 11) is 0. The number of imide groups is 1. The smallest absolute Gasteiger partial charge is 0.253 e. The molecule has 0 fully saturated rings. The van der Waals surface area contributed by atoms with Crippen LogP contribution in [0.4, 0.5) is 0 Å². The summed E-state index contributed by atoms with van der Waals surface area (Å²) in [5.41, 5.74) is 0.997. The van der Waals surface area contributed by atoms with Crippen LogP contribution < -0.4 is 5.32 Å². The Morgan fingerprint density at radius 3 is 2.48 bits per heavy atom. The van der Waals surface area contributed by atoms with Gasteiger partial charge in [0.05, 0.1) is 33.0 Å². The number of rotatable bonds is 15. The molecular weight excluding hydrogens is 390 g/mol. The molecule has 8 nitrogen and oxygen atoms in total. The van der Waals surface area contributed by atoms with Gasteiger partial charge in [0.1, 0.15) is 0 Å². The summed E-state index contributed by atoms with van der Waals surface area (Å²) >= 11 is 5.89. The lowest BCUT2D eigenvalue weighted by Gasteiger charge is -2.13. The Morgan fingerprint density at radius 1 is 1.19 bits per heavy atom. The van der Waals surface area contributed by atoms with Crippen LogP contribution in [0, 0.1) is 0 Å². The summed E-state index contributed by atoms with van der Waals surface area (Å²) in [6.45, 7) is 2.51. The molecule has 27 heavy (non-hydrogen) atoms. The van der Waals surface area contributed by atoms with Crippen molar-refractivity contribution in [1.29, 1.82) is 0 Å². The Balaban J connectivity index is 1.93. The molecule has 10 heteroatoms. The van der Waals surface area contributed by atoms with Crippen LogP contribution in [-0.4, -0.2) is 92.2 Å². The predicted molar refractivity (Wildman–Crippen MR) is 110 cm³/mol. The van der Waals surface area contributed by atoms with Crippen molar-refractivity contribution in [3.8, 4) is 0 Å². The number of nitrogens with one attached hydrogen (secondary N) is 1. The molecule has 0 aromatic carbocycles. The summed E-state index contributed by atoms with van der Waals surface area (Å²) in [6.07, 6.45) is 4.84. The summed E-state index contributed by atoms with van der Waals surface area (Å²) < 4.78 is 10.7. The standard InChI is InChI=1S/C17H27N3O5S2/c1-27-13-14(12-26)18-5-4-15(21)19-6-8-24-10-11-25-9-7-20-16(22)2-3-17(20)23/h2-3,26H,4-13H2,1H3,(H,19,21). The average Bonchev–Trinajstić information content (AvgIpc) is 2.97. The highest BCUT2D eigenvalue weighted by Gasteiger charge is 2.22. The van der Waals surface area contributed by atoms with Crippen LogP contribution in [0.1, 0.15) is 6.42 Å². The number of aliphatic imine (C=N–C) groups is 1. The molecule has 0 saturated carbocycles. The maximum absolute atomic E-state index is 11.7. The van der Waals surface area contributed by atoms with Gasteiger partial charge >= 0.3 is 0 Å². The summed E-state index contributed by atoms with van der Waals surface area (Å²) in [4.78, 5) is 39.8. The fraction of sp³-hybridized carbons (Fsp3) is 0.647. The minimum Gasteiger partial charge on any atom is -0.377 e. The van der Waals surface area contributed by atoms with Crippen LogP contribution in [0.2, 0.25) is 0 Å². The fourth-order valence-corrected chi connectivity index (χ4v) is 2.99. The normalized spacial score (nSPS) is 14.3. The van der Waals surface area contributed by atoms with Gasteiger partial charge in [0.2, 0.25) is 5.91 Å². The van der Waals surface area contributed by atoms with Gasteiger partial charge in [-0.3, -0.25) is 24.3 Å². The quantitative estimate of drug-likeness (QED) is 0.171. The van der Waals surface area contributed by atoms with Gasteiger partial charge in [0, 0.05) is 48.9 Å². The number of carbonyl (C=O) groups excluding carboxylic acids is 3. The SMILES string of the molecule is CSCC(CS)=NCCC(=O)NCCOCCOCCN1C(=O)C=CC1=O. The zero-order valence-electron chi connectivity index (χ0n) is 15.5. The highest BCUT2D eigenvalue weighted by molar-refractivity contribution is 7.99. The van der Waals surface area contributed by atoms with E-state index in [4.69, 9.17) is 9.47 Å².